The average molecular weight is 315 g/mol. The second kappa shape index (κ2) is 7.44. The number of alkyl carbamates (subject to hydrolysis) is 1. The SMILES string of the molecule is CONC(=O)[C@@H]1CCCN1C(=O)[C@H](C)NC(=O)OC(C)(C)C. The van der Waals surface area contributed by atoms with Crippen LogP contribution in [0.5, 0.6) is 0 Å². The van der Waals surface area contributed by atoms with Gasteiger partial charge in [0.2, 0.25) is 5.91 Å². The van der Waals surface area contributed by atoms with Crippen LogP contribution in [-0.4, -0.2) is 54.1 Å². The van der Waals surface area contributed by atoms with E-state index < -0.39 is 23.8 Å². The quantitative estimate of drug-likeness (QED) is 0.739. The third-order valence-electron chi connectivity index (χ3n) is 3.14. The molecule has 8 heteroatoms. The van der Waals surface area contributed by atoms with Crippen LogP contribution in [0.2, 0.25) is 0 Å². The number of ether oxygens (including phenoxy) is 1. The second-order valence-electron chi connectivity index (χ2n) is 6.23. The Kier molecular flexibility index (Phi) is 6.16. The summed E-state index contributed by atoms with van der Waals surface area (Å²) in [5.74, 6) is -0.683. The van der Waals surface area contributed by atoms with E-state index in [2.05, 4.69) is 15.6 Å². The van der Waals surface area contributed by atoms with Gasteiger partial charge >= 0.3 is 6.09 Å². The van der Waals surface area contributed by atoms with Gasteiger partial charge in [-0.3, -0.25) is 14.4 Å². The lowest BCUT2D eigenvalue weighted by Crippen LogP contribution is -2.52. The number of amides is 3. The van der Waals surface area contributed by atoms with Gasteiger partial charge in [-0.2, -0.15) is 0 Å². The summed E-state index contributed by atoms with van der Waals surface area (Å²) < 4.78 is 5.11. The molecule has 1 aliphatic rings. The molecular weight excluding hydrogens is 290 g/mol. The van der Waals surface area contributed by atoms with Gasteiger partial charge < -0.3 is 15.0 Å². The maximum absolute atomic E-state index is 12.4. The largest absolute Gasteiger partial charge is 0.444 e. The molecule has 22 heavy (non-hydrogen) atoms. The molecule has 0 spiro atoms. The minimum atomic E-state index is -0.772. The summed E-state index contributed by atoms with van der Waals surface area (Å²) in [6.45, 7) is 7.26. The van der Waals surface area contributed by atoms with Crippen molar-refractivity contribution in [1.29, 1.82) is 0 Å². The summed E-state index contributed by atoms with van der Waals surface area (Å²) in [6, 6.07) is -1.35. The predicted molar refractivity (Wildman–Crippen MR) is 78.7 cm³/mol. The van der Waals surface area contributed by atoms with Crippen molar-refractivity contribution in [3.63, 3.8) is 0 Å². The number of likely N-dealkylation sites (tertiary alicyclic amines) is 1. The maximum Gasteiger partial charge on any atom is 0.408 e. The Balaban J connectivity index is 2.62. The normalized spacial score (nSPS) is 19.5. The van der Waals surface area contributed by atoms with Crippen molar-refractivity contribution in [2.75, 3.05) is 13.7 Å². The van der Waals surface area contributed by atoms with E-state index in [9.17, 15) is 14.4 Å². The number of hydrogen-bond donors (Lipinski definition) is 2. The summed E-state index contributed by atoms with van der Waals surface area (Å²) in [5.41, 5.74) is 1.60. The number of rotatable bonds is 4. The van der Waals surface area contributed by atoms with Crippen molar-refractivity contribution >= 4 is 17.9 Å². The molecule has 0 aromatic rings. The van der Waals surface area contributed by atoms with Crippen LogP contribution >= 0.6 is 0 Å². The fraction of sp³-hybridized carbons (Fsp3) is 0.786. The smallest absolute Gasteiger partial charge is 0.408 e. The predicted octanol–water partition coefficient (Wildman–Crippen LogP) is 0.568. The van der Waals surface area contributed by atoms with Crippen LogP contribution in [0.1, 0.15) is 40.5 Å². The zero-order valence-electron chi connectivity index (χ0n) is 13.8. The Bertz CT molecular complexity index is 433. The van der Waals surface area contributed by atoms with E-state index in [-0.39, 0.29) is 11.8 Å². The van der Waals surface area contributed by atoms with E-state index in [1.54, 1.807) is 27.7 Å². The van der Waals surface area contributed by atoms with Crippen molar-refractivity contribution < 1.29 is 24.0 Å². The molecule has 0 saturated carbocycles. The fourth-order valence-corrected chi connectivity index (χ4v) is 2.27. The van der Waals surface area contributed by atoms with Gasteiger partial charge in [0.25, 0.3) is 5.91 Å². The highest BCUT2D eigenvalue weighted by atomic mass is 16.6. The van der Waals surface area contributed by atoms with Crippen LogP contribution in [0.4, 0.5) is 4.79 Å². The van der Waals surface area contributed by atoms with Crippen molar-refractivity contribution in [3.05, 3.63) is 0 Å². The van der Waals surface area contributed by atoms with Crippen molar-refractivity contribution in [3.8, 4) is 0 Å². The van der Waals surface area contributed by atoms with Crippen LogP contribution < -0.4 is 10.8 Å². The molecule has 8 nitrogen and oxygen atoms in total. The summed E-state index contributed by atoms with van der Waals surface area (Å²) >= 11 is 0. The molecule has 1 heterocycles. The van der Waals surface area contributed by atoms with Gasteiger partial charge in [0, 0.05) is 6.54 Å². The van der Waals surface area contributed by atoms with Gasteiger partial charge in [-0.05, 0) is 40.5 Å². The number of carbonyl (C=O) groups is 3. The Morgan fingerprint density at radius 3 is 2.45 bits per heavy atom. The summed E-state index contributed by atoms with van der Waals surface area (Å²) in [7, 11) is 1.34. The highest BCUT2D eigenvalue weighted by Crippen LogP contribution is 2.18. The number of carbonyl (C=O) groups excluding carboxylic acids is 3. The Labute approximate surface area is 130 Å². The molecular formula is C14H25N3O5. The minimum absolute atomic E-state index is 0.320. The van der Waals surface area contributed by atoms with Gasteiger partial charge in [0.05, 0.1) is 7.11 Å². The molecule has 0 aromatic heterocycles. The average Bonchev–Trinajstić information content (AvgIpc) is 2.84. The molecule has 1 aliphatic heterocycles. The lowest BCUT2D eigenvalue weighted by Gasteiger charge is -2.27. The highest BCUT2D eigenvalue weighted by molar-refractivity contribution is 5.91. The van der Waals surface area contributed by atoms with Gasteiger partial charge in [-0.15, -0.1) is 0 Å². The third-order valence-corrected chi connectivity index (χ3v) is 3.14. The molecule has 0 bridgehead atoms. The van der Waals surface area contributed by atoms with E-state index >= 15 is 0 Å². The molecule has 0 unspecified atom stereocenters. The summed E-state index contributed by atoms with van der Waals surface area (Å²) in [4.78, 5) is 42.0. The van der Waals surface area contributed by atoms with Crippen LogP contribution in [0.25, 0.3) is 0 Å². The molecule has 0 aliphatic carbocycles. The summed E-state index contributed by atoms with van der Waals surface area (Å²) in [5, 5.41) is 2.49. The molecule has 0 aromatic carbocycles. The molecule has 2 atom stereocenters. The zero-order chi connectivity index (χ0) is 16.9. The second-order valence-corrected chi connectivity index (χ2v) is 6.23. The standard InChI is InChI=1S/C14H25N3O5/c1-9(15-13(20)22-14(2,3)4)12(19)17-8-6-7-10(17)11(18)16-21-5/h9-10H,6-8H2,1-5H3,(H,15,20)(H,16,18)/t9-,10-/m0/s1. The van der Waals surface area contributed by atoms with Crippen LogP contribution in [0, 0.1) is 0 Å². The zero-order valence-corrected chi connectivity index (χ0v) is 13.8. The van der Waals surface area contributed by atoms with Crippen molar-refractivity contribution in [1.82, 2.24) is 15.7 Å². The first kappa shape index (κ1) is 18.2. The van der Waals surface area contributed by atoms with E-state index in [0.29, 0.717) is 13.0 Å². The Morgan fingerprint density at radius 2 is 1.91 bits per heavy atom. The molecule has 1 saturated heterocycles. The molecule has 1 fully saturated rings. The first-order valence-electron chi connectivity index (χ1n) is 7.28. The van der Waals surface area contributed by atoms with Crippen molar-refractivity contribution in [2.24, 2.45) is 0 Å². The first-order chi connectivity index (χ1) is 10.2. The summed E-state index contributed by atoms with van der Waals surface area (Å²) in [6.07, 6.45) is 0.637. The monoisotopic (exact) mass is 315 g/mol. The topological polar surface area (TPSA) is 97.0 Å². The first-order valence-corrected chi connectivity index (χ1v) is 7.28. The molecule has 2 N–H and O–H groups in total. The Hall–Kier alpha value is -1.83. The number of nitrogens with one attached hydrogen (secondary N) is 2. The molecule has 3 amide bonds. The number of nitrogens with zero attached hydrogens (tertiary/aromatic N) is 1. The van der Waals surface area contributed by atoms with Gasteiger partial charge in [-0.25, -0.2) is 10.3 Å². The molecule has 126 valence electrons. The van der Waals surface area contributed by atoms with E-state index in [1.165, 1.54) is 12.0 Å². The lowest BCUT2D eigenvalue weighted by molar-refractivity contribution is -0.144. The van der Waals surface area contributed by atoms with Crippen LogP contribution in [0.3, 0.4) is 0 Å². The van der Waals surface area contributed by atoms with Gasteiger partial charge in [0.15, 0.2) is 0 Å². The third kappa shape index (κ3) is 5.18. The van der Waals surface area contributed by atoms with Crippen LogP contribution in [0.15, 0.2) is 0 Å². The highest BCUT2D eigenvalue weighted by Gasteiger charge is 2.36. The number of hydroxylamine groups is 1. The van der Waals surface area contributed by atoms with Gasteiger partial charge in [-0.1, -0.05) is 0 Å². The maximum atomic E-state index is 12.4. The molecule has 0 radical (unpaired) electrons. The lowest BCUT2D eigenvalue weighted by atomic mass is 10.2. The van der Waals surface area contributed by atoms with E-state index in [4.69, 9.17) is 4.74 Å². The minimum Gasteiger partial charge on any atom is -0.444 e. The number of hydrogen-bond acceptors (Lipinski definition) is 5. The Morgan fingerprint density at radius 1 is 1.27 bits per heavy atom. The van der Waals surface area contributed by atoms with Gasteiger partial charge in [0.1, 0.15) is 17.7 Å². The van der Waals surface area contributed by atoms with Crippen LogP contribution in [-0.2, 0) is 19.2 Å². The van der Waals surface area contributed by atoms with E-state index in [0.717, 1.165) is 6.42 Å². The molecule has 1 rings (SSSR count). The fourth-order valence-electron chi connectivity index (χ4n) is 2.27. The van der Waals surface area contributed by atoms with Crippen molar-refractivity contribution in [2.45, 2.75) is 58.2 Å². The van der Waals surface area contributed by atoms with E-state index in [1.807, 2.05) is 0 Å².